The summed E-state index contributed by atoms with van der Waals surface area (Å²) in [4.78, 5) is 18.8. The van der Waals surface area contributed by atoms with E-state index in [4.69, 9.17) is 9.26 Å². The number of ether oxygens (including phenoxy) is 1. The molecular formula is C20H19FN4O3. The first-order valence-corrected chi connectivity index (χ1v) is 8.98. The summed E-state index contributed by atoms with van der Waals surface area (Å²) >= 11 is 0. The fraction of sp³-hybridized carbons (Fsp3) is 0.250. The number of para-hydroxylation sites is 1. The van der Waals surface area contributed by atoms with Crippen LogP contribution in [0.25, 0.3) is 11.4 Å². The third-order valence-electron chi connectivity index (χ3n) is 4.50. The number of nitrogens with zero attached hydrogens (tertiary/aromatic N) is 3. The second kappa shape index (κ2) is 8.18. The number of rotatable bonds is 5. The lowest BCUT2D eigenvalue weighted by molar-refractivity contribution is -0.137. The summed E-state index contributed by atoms with van der Waals surface area (Å²) in [6, 6.07) is 14.6. The highest BCUT2D eigenvalue weighted by atomic mass is 19.1. The van der Waals surface area contributed by atoms with Gasteiger partial charge in [-0.15, -0.1) is 0 Å². The monoisotopic (exact) mass is 382 g/mol. The van der Waals surface area contributed by atoms with Crippen LogP contribution in [0.5, 0.6) is 5.75 Å². The number of carbonyl (C=O) groups excluding carboxylic acids is 1. The molecule has 3 aromatic rings. The van der Waals surface area contributed by atoms with Crippen molar-refractivity contribution in [1.29, 1.82) is 0 Å². The normalized spacial score (nSPS) is 16.8. The lowest BCUT2D eigenvalue weighted by Crippen LogP contribution is -2.50. The number of aromatic nitrogens is 2. The summed E-state index contributed by atoms with van der Waals surface area (Å²) in [5.74, 6) is 0.836. The summed E-state index contributed by atoms with van der Waals surface area (Å²) in [6.45, 7) is 1.62. The molecule has 2 heterocycles. The van der Waals surface area contributed by atoms with Crippen molar-refractivity contribution in [3.05, 3.63) is 66.3 Å². The van der Waals surface area contributed by atoms with Gasteiger partial charge in [-0.1, -0.05) is 23.4 Å². The van der Waals surface area contributed by atoms with Crippen LogP contribution in [-0.2, 0) is 4.79 Å². The molecule has 8 heteroatoms. The number of carbonyl (C=O) groups is 1. The van der Waals surface area contributed by atoms with Crippen LogP contribution in [0.1, 0.15) is 11.9 Å². The molecule has 0 spiro atoms. The van der Waals surface area contributed by atoms with Crippen molar-refractivity contribution >= 4 is 5.91 Å². The number of halogens is 1. The van der Waals surface area contributed by atoms with Crippen LogP contribution < -0.4 is 10.1 Å². The van der Waals surface area contributed by atoms with Gasteiger partial charge in [-0.3, -0.25) is 4.79 Å². The predicted octanol–water partition coefficient (Wildman–Crippen LogP) is 2.43. The van der Waals surface area contributed by atoms with E-state index >= 15 is 0 Å². The van der Waals surface area contributed by atoms with Crippen molar-refractivity contribution in [2.75, 3.05) is 26.2 Å². The molecule has 1 aliphatic rings. The maximum atomic E-state index is 13.1. The minimum absolute atomic E-state index is 0.0700. The summed E-state index contributed by atoms with van der Waals surface area (Å²) < 4.78 is 24.1. The fourth-order valence-corrected chi connectivity index (χ4v) is 3.05. The molecule has 0 saturated carbocycles. The Morgan fingerprint density at radius 1 is 1.21 bits per heavy atom. The van der Waals surface area contributed by atoms with Crippen LogP contribution in [0.15, 0.2) is 59.1 Å². The van der Waals surface area contributed by atoms with Crippen LogP contribution in [0.4, 0.5) is 4.39 Å². The van der Waals surface area contributed by atoms with E-state index in [0.29, 0.717) is 42.7 Å². The van der Waals surface area contributed by atoms with Gasteiger partial charge in [0.1, 0.15) is 17.6 Å². The van der Waals surface area contributed by atoms with Gasteiger partial charge in [0.25, 0.3) is 11.8 Å². The van der Waals surface area contributed by atoms with E-state index in [1.165, 1.54) is 12.1 Å². The maximum absolute atomic E-state index is 13.1. The zero-order chi connectivity index (χ0) is 19.3. The van der Waals surface area contributed by atoms with Crippen LogP contribution in [0, 0.1) is 5.82 Å². The molecule has 2 aromatic carbocycles. The van der Waals surface area contributed by atoms with Gasteiger partial charge in [0.15, 0.2) is 6.61 Å². The third-order valence-corrected chi connectivity index (χ3v) is 4.50. The molecule has 7 nitrogen and oxygen atoms in total. The quantitative estimate of drug-likeness (QED) is 0.730. The maximum Gasteiger partial charge on any atom is 0.261 e. The van der Waals surface area contributed by atoms with Crippen molar-refractivity contribution in [3.63, 3.8) is 0 Å². The Labute approximate surface area is 161 Å². The molecule has 4 rings (SSSR count). The molecule has 0 bridgehead atoms. The number of amides is 1. The number of hydrogen-bond donors (Lipinski definition) is 1. The first-order chi connectivity index (χ1) is 13.7. The average Bonchev–Trinajstić information content (AvgIpc) is 3.23. The SMILES string of the molecule is O=C(COc1ccccc1)N1CCNCC1c1nc(-c2ccc(F)cc2)no1. The average molecular weight is 382 g/mol. The van der Waals surface area contributed by atoms with E-state index in [1.54, 1.807) is 29.2 Å². The largest absolute Gasteiger partial charge is 0.484 e. The Balaban J connectivity index is 1.47. The summed E-state index contributed by atoms with van der Waals surface area (Å²) in [6.07, 6.45) is 0. The summed E-state index contributed by atoms with van der Waals surface area (Å²) in [5, 5.41) is 7.21. The summed E-state index contributed by atoms with van der Waals surface area (Å²) in [7, 11) is 0. The van der Waals surface area contributed by atoms with E-state index in [1.807, 2.05) is 18.2 Å². The molecule has 1 saturated heterocycles. The zero-order valence-corrected chi connectivity index (χ0v) is 15.0. The molecular weight excluding hydrogens is 363 g/mol. The minimum Gasteiger partial charge on any atom is -0.484 e. The van der Waals surface area contributed by atoms with Gasteiger partial charge in [0, 0.05) is 25.2 Å². The Kier molecular flexibility index (Phi) is 5.29. The van der Waals surface area contributed by atoms with Crippen molar-refractivity contribution in [3.8, 4) is 17.1 Å². The van der Waals surface area contributed by atoms with Crippen LogP contribution in [-0.4, -0.2) is 47.2 Å². The van der Waals surface area contributed by atoms with E-state index in [-0.39, 0.29) is 24.4 Å². The molecule has 1 unspecified atom stereocenters. The van der Waals surface area contributed by atoms with E-state index in [9.17, 15) is 9.18 Å². The number of piperazine rings is 1. The van der Waals surface area contributed by atoms with Crippen molar-refractivity contribution in [2.24, 2.45) is 0 Å². The Morgan fingerprint density at radius 2 is 2.00 bits per heavy atom. The second-order valence-corrected chi connectivity index (χ2v) is 6.37. The van der Waals surface area contributed by atoms with E-state index < -0.39 is 0 Å². The topological polar surface area (TPSA) is 80.5 Å². The molecule has 144 valence electrons. The number of benzene rings is 2. The Hall–Kier alpha value is -3.26. The summed E-state index contributed by atoms with van der Waals surface area (Å²) in [5.41, 5.74) is 0.644. The van der Waals surface area contributed by atoms with Gasteiger partial charge in [0.05, 0.1) is 0 Å². The second-order valence-electron chi connectivity index (χ2n) is 6.37. The van der Waals surface area contributed by atoms with E-state index in [0.717, 1.165) is 0 Å². The van der Waals surface area contributed by atoms with Gasteiger partial charge >= 0.3 is 0 Å². The molecule has 1 aliphatic heterocycles. The molecule has 1 amide bonds. The molecule has 0 aliphatic carbocycles. The standard InChI is InChI=1S/C20H19FN4O3/c21-15-8-6-14(7-9-15)19-23-20(28-24-19)17-12-22-10-11-25(17)18(26)13-27-16-4-2-1-3-5-16/h1-9,17,22H,10-13H2. The molecule has 1 aromatic heterocycles. The van der Waals surface area contributed by atoms with Gasteiger partial charge in [-0.05, 0) is 36.4 Å². The van der Waals surface area contributed by atoms with Crippen LogP contribution in [0.2, 0.25) is 0 Å². The van der Waals surface area contributed by atoms with Gasteiger partial charge in [-0.2, -0.15) is 4.98 Å². The van der Waals surface area contributed by atoms with Gasteiger partial charge < -0.3 is 19.5 Å². The first-order valence-electron chi connectivity index (χ1n) is 8.98. The molecule has 0 radical (unpaired) electrons. The van der Waals surface area contributed by atoms with Gasteiger partial charge in [0.2, 0.25) is 5.82 Å². The molecule has 1 N–H and O–H groups in total. The number of nitrogens with one attached hydrogen (secondary N) is 1. The molecule has 28 heavy (non-hydrogen) atoms. The number of hydrogen-bond acceptors (Lipinski definition) is 6. The van der Waals surface area contributed by atoms with Crippen molar-refractivity contribution < 1.29 is 18.4 Å². The zero-order valence-electron chi connectivity index (χ0n) is 15.0. The highest BCUT2D eigenvalue weighted by molar-refractivity contribution is 5.78. The molecule has 1 fully saturated rings. The minimum atomic E-state index is -0.387. The Bertz CT molecular complexity index is 930. The molecule has 1 atom stereocenters. The van der Waals surface area contributed by atoms with Crippen molar-refractivity contribution in [1.82, 2.24) is 20.4 Å². The fourth-order valence-electron chi connectivity index (χ4n) is 3.05. The van der Waals surface area contributed by atoms with Crippen molar-refractivity contribution in [2.45, 2.75) is 6.04 Å². The Morgan fingerprint density at radius 3 is 2.79 bits per heavy atom. The van der Waals surface area contributed by atoms with Gasteiger partial charge in [-0.25, -0.2) is 4.39 Å². The smallest absolute Gasteiger partial charge is 0.261 e. The van der Waals surface area contributed by atoms with Crippen LogP contribution in [0.3, 0.4) is 0 Å². The van der Waals surface area contributed by atoms with Crippen LogP contribution >= 0.6 is 0 Å². The highest BCUT2D eigenvalue weighted by Gasteiger charge is 2.32. The lowest BCUT2D eigenvalue weighted by atomic mass is 10.2. The van der Waals surface area contributed by atoms with E-state index in [2.05, 4.69) is 15.5 Å². The first kappa shape index (κ1) is 18.1. The lowest BCUT2D eigenvalue weighted by Gasteiger charge is -2.33. The highest BCUT2D eigenvalue weighted by Crippen LogP contribution is 2.24. The predicted molar refractivity (Wildman–Crippen MR) is 99.0 cm³/mol. The third kappa shape index (κ3) is 4.01.